The van der Waals surface area contributed by atoms with Crippen LogP contribution in [-0.2, 0) is 16.3 Å². The molecule has 162 valence electrons. The third-order valence-electron chi connectivity index (χ3n) is 5.64. The van der Waals surface area contributed by atoms with Crippen molar-refractivity contribution in [3.05, 3.63) is 65.2 Å². The lowest BCUT2D eigenvalue weighted by Gasteiger charge is -2.26. The number of rotatable bonds is 6. The zero-order valence-electron chi connectivity index (χ0n) is 17.7. The number of nitrogens with zero attached hydrogens (tertiary/aromatic N) is 1. The highest BCUT2D eigenvalue weighted by Gasteiger charge is 2.28. The van der Waals surface area contributed by atoms with Gasteiger partial charge in [-0.2, -0.15) is 0 Å². The Morgan fingerprint density at radius 2 is 2.03 bits per heavy atom. The lowest BCUT2D eigenvalue weighted by Crippen LogP contribution is -2.31. The number of pyridine rings is 1. The van der Waals surface area contributed by atoms with Crippen LogP contribution >= 0.6 is 0 Å². The van der Waals surface area contributed by atoms with Crippen molar-refractivity contribution in [3.8, 4) is 0 Å². The van der Waals surface area contributed by atoms with E-state index in [-0.39, 0.29) is 24.0 Å². The Labute approximate surface area is 182 Å². The van der Waals surface area contributed by atoms with Crippen molar-refractivity contribution in [1.82, 2.24) is 10.3 Å². The van der Waals surface area contributed by atoms with Crippen molar-refractivity contribution >= 4 is 38.3 Å². The second-order valence-corrected chi connectivity index (χ2v) is 10.5. The maximum Gasteiger partial charge on any atom is 0.252 e. The molecule has 2 aromatic heterocycles. The van der Waals surface area contributed by atoms with Crippen LogP contribution in [0.15, 0.2) is 47.1 Å². The van der Waals surface area contributed by atoms with Crippen LogP contribution in [0.5, 0.6) is 0 Å². The fourth-order valence-corrected chi connectivity index (χ4v) is 4.79. The molecular formula is C24H26N2O4S. The van der Waals surface area contributed by atoms with Crippen LogP contribution in [0.3, 0.4) is 0 Å². The van der Waals surface area contributed by atoms with Crippen LogP contribution in [0.2, 0.25) is 0 Å². The van der Waals surface area contributed by atoms with E-state index in [4.69, 9.17) is 9.40 Å². The summed E-state index contributed by atoms with van der Waals surface area (Å²) in [6.45, 7) is 3.85. The van der Waals surface area contributed by atoms with Crippen LogP contribution in [0, 0.1) is 5.92 Å². The van der Waals surface area contributed by atoms with Gasteiger partial charge in [0.15, 0.2) is 9.84 Å². The van der Waals surface area contributed by atoms with Gasteiger partial charge < -0.3 is 9.73 Å². The maximum absolute atomic E-state index is 13.3. The van der Waals surface area contributed by atoms with Gasteiger partial charge in [0.2, 0.25) is 0 Å². The van der Waals surface area contributed by atoms with E-state index in [2.05, 4.69) is 12.2 Å². The number of aromatic nitrogens is 1. The molecule has 4 rings (SSSR count). The van der Waals surface area contributed by atoms with Gasteiger partial charge >= 0.3 is 0 Å². The first kappa shape index (κ1) is 21.3. The van der Waals surface area contributed by atoms with Crippen LogP contribution in [0.1, 0.15) is 47.6 Å². The smallest absolute Gasteiger partial charge is 0.252 e. The van der Waals surface area contributed by atoms with E-state index in [1.807, 2.05) is 42.5 Å². The first-order valence-corrected chi connectivity index (χ1v) is 12.3. The summed E-state index contributed by atoms with van der Waals surface area (Å²) in [4.78, 5) is 18.2. The van der Waals surface area contributed by atoms with Crippen molar-refractivity contribution in [3.63, 3.8) is 0 Å². The molecule has 1 atom stereocenters. The number of carbonyl (C=O) groups excluding carboxylic acids is 1. The minimum Gasteiger partial charge on any atom is -0.465 e. The molecular weight excluding hydrogens is 412 g/mol. The summed E-state index contributed by atoms with van der Waals surface area (Å²) in [5.74, 6) is 0.826. The molecule has 0 spiro atoms. The highest BCUT2D eigenvalue weighted by molar-refractivity contribution is 7.91. The molecule has 7 heteroatoms. The normalized spacial score (nSPS) is 17.6. The summed E-state index contributed by atoms with van der Waals surface area (Å²) in [5.41, 5.74) is 4.10. The fraction of sp³-hybridized carbons (Fsp3) is 0.333. The quantitative estimate of drug-likeness (QED) is 0.625. The second-order valence-electron chi connectivity index (χ2n) is 8.02. The SMILES string of the molecule is CCS(=O)(=O)CCNC(=O)c1c2c(nc3ccccc13)/C(=C\c1ccco1)CC(C)C2. The van der Waals surface area contributed by atoms with Crippen LogP contribution in [-0.4, -0.2) is 37.4 Å². The molecule has 0 fully saturated rings. The number of para-hydroxylation sites is 1. The molecule has 0 saturated carbocycles. The Bertz CT molecular complexity index is 1240. The molecule has 6 nitrogen and oxygen atoms in total. The summed E-state index contributed by atoms with van der Waals surface area (Å²) in [7, 11) is -3.15. The van der Waals surface area contributed by atoms with Gasteiger partial charge in [-0.3, -0.25) is 4.79 Å². The monoisotopic (exact) mass is 438 g/mol. The van der Waals surface area contributed by atoms with E-state index in [1.54, 1.807) is 13.2 Å². The van der Waals surface area contributed by atoms with E-state index in [1.165, 1.54) is 0 Å². The van der Waals surface area contributed by atoms with E-state index < -0.39 is 9.84 Å². The lowest BCUT2D eigenvalue weighted by atomic mass is 9.80. The predicted octanol–water partition coefficient (Wildman–Crippen LogP) is 4.12. The Balaban J connectivity index is 1.80. The van der Waals surface area contributed by atoms with Crippen molar-refractivity contribution in [2.45, 2.75) is 26.7 Å². The molecule has 31 heavy (non-hydrogen) atoms. The number of hydrogen-bond acceptors (Lipinski definition) is 5. The van der Waals surface area contributed by atoms with Crippen molar-refractivity contribution in [2.75, 3.05) is 18.1 Å². The number of carbonyl (C=O) groups is 1. The van der Waals surface area contributed by atoms with E-state index >= 15 is 0 Å². The Hall–Kier alpha value is -2.93. The number of benzene rings is 1. The van der Waals surface area contributed by atoms with Crippen LogP contribution < -0.4 is 5.32 Å². The molecule has 1 aliphatic rings. The zero-order chi connectivity index (χ0) is 22.0. The summed E-state index contributed by atoms with van der Waals surface area (Å²) >= 11 is 0. The average molecular weight is 439 g/mol. The van der Waals surface area contributed by atoms with Gasteiger partial charge in [-0.15, -0.1) is 0 Å². The Morgan fingerprint density at radius 1 is 1.23 bits per heavy atom. The number of fused-ring (bicyclic) bond motifs is 2. The van der Waals surface area contributed by atoms with Gasteiger partial charge in [-0.05, 0) is 54.2 Å². The molecule has 3 aromatic rings. The summed E-state index contributed by atoms with van der Waals surface area (Å²) < 4.78 is 29.2. The van der Waals surface area contributed by atoms with Gasteiger partial charge in [0.25, 0.3) is 5.91 Å². The number of allylic oxidation sites excluding steroid dienone is 1. The maximum atomic E-state index is 13.3. The molecule has 0 bridgehead atoms. The molecule has 0 aliphatic heterocycles. The molecule has 1 N–H and O–H groups in total. The summed E-state index contributed by atoms with van der Waals surface area (Å²) in [5, 5.41) is 3.60. The number of nitrogens with one attached hydrogen (secondary N) is 1. The van der Waals surface area contributed by atoms with E-state index in [9.17, 15) is 13.2 Å². The molecule has 1 unspecified atom stereocenters. The standard InChI is InChI=1S/C24H26N2O4S/c1-3-31(28,29)12-10-25-24(27)22-19-8-4-5-9-21(19)26-23-17(13-16(2)14-20(22)23)15-18-7-6-11-30-18/h4-9,11,15-16H,3,10,12-14H2,1-2H3,(H,25,27)/b17-15-. The molecule has 0 saturated heterocycles. The average Bonchev–Trinajstić information content (AvgIpc) is 3.25. The Morgan fingerprint density at radius 3 is 2.77 bits per heavy atom. The topological polar surface area (TPSA) is 89.3 Å². The predicted molar refractivity (Wildman–Crippen MR) is 122 cm³/mol. The number of hydrogen-bond donors (Lipinski definition) is 1. The number of furan rings is 1. The largest absolute Gasteiger partial charge is 0.465 e. The van der Waals surface area contributed by atoms with Crippen molar-refractivity contribution in [2.24, 2.45) is 5.92 Å². The van der Waals surface area contributed by atoms with Crippen LogP contribution in [0.25, 0.3) is 22.6 Å². The highest BCUT2D eigenvalue weighted by atomic mass is 32.2. The number of sulfone groups is 1. The van der Waals surface area contributed by atoms with Gasteiger partial charge in [-0.25, -0.2) is 13.4 Å². The molecule has 0 radical (unpaired) electrons. The zero-order valence-corrected chi connectivity index (χ0v) is 18.5. The van der Waals surface area contributed by atoms with Gasteiger partial charge in [0.1, 0.15) is 5.76 Å². The molecule has 2 heterocycles. The lowest BCUT2D eigenvalue weighted by molar-refractivity contribution is 0.0956. The minimum atomic E-state index is -3.15. The third kappa shape index (κ3) is 4.56. The molecule has 1 aliphatic carbocycles. The van der Waals surface area contributed by atoms with Crippen molar-refractivity contribution < 1.29 is 17.6 Å². The van der Waals surface area contributed by atoms with E-state index in [0.29, 0.717) is 11.5 Å². The minimum absolute atomic E-state index is 0.0644. The summed E-state index contributed by atoms with van der Waals surface area (Å²) in [6.07, 6.45) is 5.20. The van der Waals surface area contributed by atoms with E-state index in [0.717, 1.165) is 46.3 Å². The van der Waals surface area contributed by atoms with Gasteiger partial charge in [-0.1, -0.05) is 32.0 Å². The Kier molecular flexibility index (Phi) is 5.96. The third-order valence-corrected chi connectivity index (χ3v) is 7.35. The number of amides is 1. The highest BCUT2D eigenvalue weighted by Crippen LogP contribution is 2.38. The molecule has 1 aromatic carbocycles. The second kappa shape index (κ2) is 8.67. The fourth-order valence-electron chi connectivity index (χ4n) is 4.09. The van der Waals surface area contributed by atoms with Gasteiger partial charge in [0, 0.05) is 17.7 Å². The van der Waals surface area contributed by atoms with Crippen molar-refractivity contribution in [1.29, 1.82) is 0 Å². The molecule has 1 amide bonds. The first-order chi connectivity index (χ1) is 14.9. The first-order valence-electron chi connectivity index (χ1n) is 10.5. The summed E-state index contributed by atoms with van der Waals surface area (Å²) in [6, 6.07) is 11.3. The van der Waals surface area contributed by atoms with Crippen LogP contribution in [0.4, 0.5) is 0 Å². The van der Waals surface area contributed by atoms with Gasteiger partial charge in [0.05, 0.1) is 28.8 Å².